The van der Waals surface area contributed by atoms with Gasteiger partial charge >= 0.3 is 6.03 Å². The molecule has 1 N–H and O–H groups in total. The second-order valence-electron chi connectivity index (χ2n) is 3.75. The van der Waals surface area contributed by atoms with Gasteiger partial charge in [-0.05, 0) is 32.6 Å². The maximum atomic E-state index is 11.3. The molecule has 0 fully saturated rings. The van der Waals surface area contributed by atoms with Gasteiger partial charge in [-0.25, -0.2) is 4.79 Å². The van der Waals surface area contributed by atoms with Crippen LogP contribution in [0.5, 0.6) is 0 Å². The zero-order chi connectivity index (χ0) is 10.4. The Hall–Kier alpha value is -0.990. The van der Waals surface area contributed by atoms with Crippen molar-refractivity contribution in [2.75, 3.05) is 20.1 Å². The number of amides is 2. The number of allylic oxidation sites excluding steroid dienone is 1. The van der Waals surface area contributed by atoms with Crippen LogP contribution in [-0.4, -0.2) is 31.1 Å². The minimum atomic E-state index is 0.0334. The lowest BCUT2D eigenvalue weighted by Crippen LogP contribution is -2.37. The molecule has 1 aliphatic rings. The summed E-state index contributed by atoms with van der Waals surface area (Å²) in [5, 5.41) is 2.91. The van der Waals surface area contributed by atoms with Crippen molar-refractivity contribution in [2.45, 2.75) is 32.6 Å². The predicted molar refractivity (Wildman–Crippen MR) is 58.3 cm³/mol. The second-order valence-corrected chi connectivity index (χ2v) is 3.75. The lowest BCUT2D eigenvalue weighted by Gasteiger charge is -2.15. The molecule has 0 unspecified atom stereocenters. The Balaban J connectivity index is 2.11. The van der Waals surface area contributed by atoms with E-state index in [9.17, 15) is 4.79 Å². The summed E-state index contributed by atoms with van der Waals surface area (Å²) in [4.78, 5) is 13.0. The summed E-state index contributed by atoms with van der Waals surface area (Å²) < 4.78 is 0. The van der Waals surface area contributed by atoms with Crippen LogP contribution >= 0.6 is 0 Å². The molecule has 14 heavy (non-hydrogen) atoms. The SMILES string of the molecule is CCN(C)C(=O)NCCC1=CCCC1. The van der Waals surface area contributed by atoms with Crippen molar-refractivity contribution < 1.29 is 4.79 Å². The third-order valence-corrected chi connectivity index (χ3v) is 2.68. The first-order chi connectivity index (χ1) is 6.74. The van der Waals surface area contributed by atoms with E-state index in [-0.39, 0.29) is 6.03 Å². The molecule has 0 aromatic carbocycles. The highest BCUT2D eigenvalue weighted by atomic mass is 16.2. The Labute approximate surface area is 86.2 Å². The van der Waals surface area contributed by atoms with Gasteiger partial charge in [0, 0.05) is 20.1 Å². The minimum absolute atomic E-state index is 0.0334. The van der Waals surface area contributed by atoms with Gasteiger partial charge in [-0.2, -0.15) is 0 Å². The Morgan fingerprint density at radius 2 is 2.43 bits per heavy atom. The van der Waals surface area contributed by atoms with Crippen LogP contribution in [0, 0.1) is 0 Å². The zero-order valence-electron chi connectivity index (χ0n) is 9.18. The van der Waals surface area contributed by atoms with Crippen LogP contribution < -0.4 is 5.32 Å². The minimum Gasteiger partial charge on any atom is -0.338 e. The lowest BCUT2D eigenvalue weighted by atomic mass is 10.2. The molecule has 1 aliphatic carbocycles. The standard InChI is InChI=1S/C11H20N2O/c1-3-13(2)11(14)12-9-8-10-6-4-5-7-10/h6H,3-5,7-9H2,1-2H3,(H,12,14). The van der Waals surface area contributed by atoms with E-state index in [1.807, 2.05) is 14.0 Å². The first-order valence-electron chi connectivity index (χ1n) is 5.41. The second kappa shape index (κ2) is 5.68. The van der Waals surface area contributed by atoms with Crippen LogP contribution in [0.3, 0.4) is 0 Å². The molecule has 0 atom stereocenters. The van der Waals surface area contributed by atoms with Crippen molar-refractivity contribution in [1.82, 2.24) is 10.2 Å². The number of urea groups is 1. The molecule has 0 radical (unpaired) electrons. The Morgan fingerprint density at radius 3 is 3.00 bits per heavy atom. The highest BCUT2D eigenvalue weighted by Crippen LogP contribution is 2.19. The van der Waals surface area contributed by atoms with E-state index in [0.29, 0.717) is 0 Å². The van der Waals surface area contributed by atoms with Crippen molar-refractivity contribution in [3.8, 4) is 0 Å². The van der Waals surface area contributed by atoms with Gasteiger partial charge in [-0.3, -0.25) is 0 Å². The van der Waals surface area contributed by atoms with Gasteiger partial charge < -0.3 is 10.2 Å². The van der Waals surface area contributed by atoms with Crippen LogP contribution in [0.2, 0.25) is 0 Å². The number of rotatable bonds is 4. The molecule has 0 saturated heterocycles. The van der Waals surface area contributed by atoms with Crippen molar-refractivity contribution in [3.05, 3.63) is 11.6 Å². The molecule has 0 spiro atoms. The fraction of sp³-hybridized carbons (Fsp3) is 0.727. The summed E-state index contributed by atoms with van der Waals surface area (Å²) in [6.07, 6.45) is 7.05. The fourth-order valence-electron chi connectivity index (χ4n) is 1.57. The largest absolute Gasteiger partial charge is 0.338 e. The number of carbonyl (C=O) groups is 1. The van der Waals surface area contributed by atoms with Crippen molar-refractivity contribution in [2.24, 2.45) is 0 Å². The van der Waals surface area contributed by atoms with Crippen molar-refractivity contribution in [3.63, 3.8) is 0 Å². The average molecular weight is 196 g/mol. The van der Waals surface area contributed by atoms with E-state index in [1.54, 1.807) is 4.90 Å². The van der Waals surface area contributed by atoms with Gasteiger partial charge in [0.05, 0.1) is 0 Å². The van der Waals surface area contributed by atoms with Crippen molar-refractivity contribution >= 4 is 6.03 Å². The topological polar surface area (TPSA) is 32.3 Å². The van der Waals surface area contributed by atoms with E-state index >= 15 is 0 Å². The monoisotopic (exact) mass is 196 g/mol. The molecule has 80 valence electrons. The van der Waals surface area contributed by atoms with E-state index in [2.05, 4.69) is 11.4 Å². The van der Waals surface area contributed by atoms with Gasteiger partial charge in [0.1, 0.15) is 0 Å². The van der Waals surface area contributed by atoms with Gasteiger partial charge in [0.15, 0.2) is 0 Å². The van der Waals surface area contributed by atoms with Gasteiger partial charge in [-0.1, -0.05) is 11.6 Å². The number of hydrogen-bond acceptors (Lipinski definition) is 1. The average Bonchev–Trinajstić information content (AvgIpc) is 2.69. The quantitative estimate of drug-likeness (QED) is 0.686. The summed E-state index contributed by atoms with van der Waals surface area (Å²) in [6, 6.07) is 0.0334. The summed E-state index contributed by atoms with van der Waals surface area (Å²) in [5.74, 6) is 0. The van der Waals surface area contributed by atoms with E-state index < -0.39 is 0 Å². The molecular weight excluding hydrogens is 176 g/mol. The third-order valence-electron chi connectivity index (χ3n) is 2.68. The molecular formula is C11H20N2O. The van der Waals surface area contributed by atoms with Crippen LogP contribution in [0.15, 0.2) is 11.6 Å². The number of nitrogens with zero attached hydrogens (tertiary/aromatic N) is 1. The first-order valence-corrected chi connectivity index (χ1v) is 5.41. The van der Waals surface area contributed by atoms with E-state index in [1.165, 1.54) is 24.8 Å². The van der Waals surface area contributed by atoms with Gasteiger partial charge in [0.25, 0.3) is 0 Å². The Kier molecular flexibility index (Phi) is 4.50. The van der Waals surface area contributed by atoms with Crippen LogP contribution in [0.25, 0.3) is 0 Å². The molecule has 1 rings (SSSR count). The van der Waals surface area contributed by atoms with E-state index in [4.69, 9.17) is 0 Å². The van der Waals surface area contributed by atoms with Gasteiger partial charge in [0.2, 0.25) is 0 Å². The summed E-state index contributed by atoms with van der Waals surface area (Å²) in [7, 11) is 1.81. The van der Waals surface area contributed by atoms with Gasteiger partial charge in [-0.15, -0.1) is 0 Å². The lowest BCUT2D eigenvalue weighted by molar-refractivity contribution is 0.211. The molecule has 0 aromatic heterocycles. The number of hydrogen-bond donors (Lipinski definition) is 1. The molecule has 0 saturated carbocycles. The fourth-order valence-corrected chi connectivity index (χ4v) is 1.57. The summed E-state index contributed by atoms with van der Waals surface area (Å²) >= 11 is 0. The normalized spacial score (nSPS) is 15.1. The number of carbonyl (C=O) groups excluding carboxylic acids is 1. The number of nitrogens with one attached hydrogen (secondary N) is 1. The molecule has 3 heteroatoms. The highest BCUT2D eigenvalue weighted by Gasteiger charge is 2.07. The molecule has 3 nitrogen and oxygen atoms in total. The van der Waals surface area contributed by atoms with E-state index in [0.717, 1.165) is 19.5 Å². The predicted octanol–water partition coefficient (Wildman–Crippen LogP) is 2.15. The maximum absolute atomic E-state index is 11.3. The molecule has 0 bridgehead atoms. The first kappa shape index (κ1) is 11.1. The molecule has 0 aliphatic heterocycles. The summed E-state index contributed by atoms with van der Waals surface area (Å²) in [6.45, 7) is 3.50. The van der Waals surface area contributed by atoms with Crippen LogP contribution in [-0.2, 0) is 0 Å². The smallest absolute Gasteiger partial charge is 0.317 e. The van der Waals surface area contributed by atoms with Crippen molar-refractivity contribution in [1.29, 1.82) is 0 Å². The summed E-state index contributed by atoms with van der Waals surface area (Å²) in [5.41, 5.74) is 1.50. The van der Waals surface area contributed by atoms with Crippen LogP contribution in [0.1, 0.15) is 32.6 Å². The molecule has 0 aromatic rings. The Morgan fingerprint density at radius 1 is 1.64 bits per heavy atom. The third kappa shape index (κ3) is 3.40. The van der Waals surface area contributed by atoms with Crippen LogP contribution in [0.4, 0.5) is 4.79 Å². The molecule has 0 heterocycles. The highest BCUT2D eigenvalue weighted by molar-refractivity contribution is 5.73. The maximum Gasteiger partial charge on any atom is 0.317 e. The zero-order valence-corrected chi connectivity index (χ0v) is 9.18. The molecule has 2 amide bonds. The Bertz CT molecular complexity index is 223.